The monoisotopic (exact) mass is 313 g/mol. The number of benzene rings is 1. The van der Waals surface area contributed by atoms with Crippen molar-refractivity contribution in [1.29, 1.82) is 0 Å². The van der Waals surface area contributed by atoms with Gasteiger partial charge in [-0.1, -0.05) is 50.2 Å². The first-order valence-corrected chi connectivity index (χ1v) is 8.26. The third-order valence-electron chi connectivity index (χ3n) is 4.34. The van der Waals surface area contributed by atoms with Gasteiger partial charge in [-0.3, -0.25) is 4.79 Å². The van der Waals surface area contributed by atoms with E-state index in [-0.39, 0.29) is 17.7 Å². The minimum atomic E-state index is 0.0115. The maximum absolute atomic E-state index is 12.3. The minimum absolute atomic E-state index is 0.0115. The van der Waals surface area contributed by atoms with Gasteiger partial charge in [0, 0.05) is 25.4 Å². The highest BCUT2D eigenvalue weighted by Crippen LogP contribution is 2.29. The zero-order valence-corrected chi connectivity index (χ0v) is 14.0. The number of likely N-dealkylation sites (tertiary alicyclic amines) is 1. The fourth-order valence-corrected chi connectivity index (χ4v) is 2.84. The van der Waals surface area contributed by atoms with E-state index >= 15 is 0 Å². The fourth-order valence-electron chi connectivity index (χ4n) is 2.84. The van der Waals surface area contributed by atoms with E-state index in [0.717, 1.165) is 12.0 Å². The van der Waals surface area contributed by atoms with Crippen molar-refractivity contribution in [1.82, 2.24) is 15.0 Å². The molecule has 2 aromatic rings. The van der Waals surface area contributed by atoms with Crippen molar-refractivity contribution in [3.63, 3.8) is 0 Å². The largest absolute Gasteiger partial charge is 0.339 e. The number of carbonyl (C=O) groups excluding carboxylic acids is 1. The van der Waals surface area contributed by atoms with Crippen molar-refractivity contribution in [2.45, 2.75) is 52.0 Å². The number of hydrogen-bond donors (Lipinski definition) is 0. The average molecular weight is 313 g/mol. The van der Waals surface area contributed by atoms with Crippen molar-refractivity contribution < 1.29 is 9.32 Å². The molecule has 1 atom stereocenters. The van der Waals surface area contributed by atoms with E-state index in [1.807, 2.05) is 18.7 Å². The topological polar surface area (TPSA) is 59.2 Å². The number of rotatable bonds is 5. The van der Waals surface area contributed by atoms with E-state index in [4.69, 9.17) is 4.52 Å². The van der Waals surface area contributed by atoms with Crippen LogP contribution in [0.25, 0.3) is 0 Å². The van der Waals surface area contributed by atoms with Gasteiger partial charge in [0.15, 0.2) is 5.82 Å². The fraction of sp³-hybridized carbons (Fsp3) is 0.500. The highest BCUT2D eigenvalue weighted by Gasteiger charge is 2.34. The van der Waals surface area contributed by atoms with E-state index in [2.05, 4.69) is 41.3 Å². The molecule has 5 heteroatoms. The number of nitrogens with zero attached hydrogens (tertiary/aromatic N) is 3. The molecule has 1 unspecified atom stereocenters. The number of carbonyl (C=O) groups is 1. The SMILES string of the molecule is CCc1ccc(CN2CC(c3nc(C(C)C)no3)CC2=O)cc1. The van der Waals surface area contributed by atoms with Gasteiger partial charge in [0.25, 0.3) is 0 Å². The molecular formula is C18H23N3O2. The molecule has 1 fully saturated rings. The van der Waals surface area contributed by atoms with Crippen molar-refractivity contribution in [3.05, 3.63) is 47.1 Å². The summed E-state index contributed by atoms with van der Waals surface area (Å²) in [5.74, 6) is 1.70. The van der Waals surface area contributed by atoms with Gasteiger partial charge in [0.2, 0.25) is 11.8 Å². The Morgan fingerprint density at radius 3 is 2.57 bits per heavy atom. The van der Waals surface area contributed by atoms with Gasteiger partial charge in [0.05, 0.1) is 5.92 Å². The second kappa shape index (κ2) is 6.52. The second-order valence-corrected chi connectivity index (χ2v) is 6.49. The number of amides is 1. The summed E-state index contributed by atoms with van der Waals surface area (Å²) >= 11 is 0. The third kappa shape index (κ3) is 3.44. The molecule has 0 spiro atoms. The lowest BCUT2D eigenvalue weighted by Gasteiger charge is -2.16. The number of aromatic nitrogens is 2. The van der Waals surface area contributed by atoms with Crippen LogP contribution in [0.1, 0.15) is 61.9 Å². The van der Waals surface area contributed by atoms with Crippen molar-refractivity contribution >= 4 is 5.91 Å². The highest BCUT2D eigenvalue weighted by atomic mass is 16.5. The third-order valence-corrected chi connectivity index (χ3v) is 4.34. The molecule has 1 aliphatic heterocycles. The Hall–Kier alpha value is -2.17. The van der Waals surface area contributed by atoms with Crippen LogP contribution in [0.3, 0.4) is 0 Å². The Balaban J connectivity index is 1.66. The lowest BCUT2D eigenvalue weighted by Crippen LogP contribution is -2.24. The summed E-state index contributed by atoms with van der Waals surface area (Å²) in [6.45, 7) is 7.49. The first-order chi connectivity index (χ1) is 11.1. The van der Waals surface area contributed by atoms with Crippen LogP contribution >= 0.6 is 0 Å². The lowest BCUT2D eigenvalue weighted by molar-refractivity contribution is -0.128. The Morgan fingerprint density at radius 1 is 1.26 bits per heavy atom. The molecule has 23 heavy (non-hydrogen) atoms. The molecule has 1 saturated heterocycles. The molecule has 0 bridgehead atoms. The Bertz CT molecular complexity index is 676. The molecule has 2 heterocycles. The summed E-state index contributed by atoms with van der Waals surface area (Å²) in [4.78, 5) is 18.6. The van der Waals surface area contributed by atoms with E-state index in [1.54, 1.807) is 0 Å². The van der Waals surface area contributed by atoms with E-state index in [0.29, 0.717) is 31.2 Å². The van der Waals surface area contributed by atoms with Crippen LogP contribution in [-0.2, 0) is 17.8 Å². The van der Waals surface area contributed by atoms with Crippen LogP contribution in [0.15, 0.2) is 28.8 Å². The van der Waals surface area contributed by atoms with Crippen LogP contribution < -0.4 is 0 Å². The van der Waals surface area contributed by atoms with Gasteiger partial charge < -0.3 is 9.42 Å². The average Bonchev–Trinajstić information content (AvgIpc) is 3.16. The van der Waals surface area contributed by atoms with E-state index < -0.39 is 0 Å². The predicted molar refractivity (Wildman–Crippen MR) is 87.0 cm³/mol. The molecule has 0 radical (unpaired) electrons. The standard InChI is InChI=1S/C18H23N3O2/c1-4-13-5-7-14(8-6-13)10-21-11-15(9-16(21)22)18-19-17(12(2)3)20-23-18/h5-8,12,15H,4,9-11H2,1-3H3. The summed E-state index contributed by atoms with van der Waals surface area (Å²) in [6.07, 6.45) is 1.48. The van der Waals surface area contributed by atoms with Crippen LogP contribution in [0.2, 0.25) is 0 Å². The summed E-state index contributed by atoms with van der Waals surface area (Å²) in [7, 11) is 0. The van der Waals surface area contributed by atoms with E-state index in [1.165, 1.54) is 5.56 Å². The molecular weight excluding hydrogens is 290 g/mol. The summed E-state index contributed by atoms with van der Waals surface area (Å²) < 4.78 is 5.35. The molecule has 1 amide bonds. The quantitative estimate of drug-likeness (QED) is 0.850. The summed E-state index contributed by atoms with van der Waals surface area (Å²) in [5.41, 5.74) is 2.47. The highest BCUT2D eigenvalue weighted by molar-refractivity contribution is 5.79. The second-order valence-electron chi connectivity index (χ2n) is 6.49. The van der Waals surface area contributed by atoms with Gasteiger partial charge in [-0.05, 0) is 17.5 Å². The maximum Gasteiger partial charge on any atom is 0.232 e. The van der Waals surface area contributed by atoms with E-state index in [9.17, 15) is 4.79 Å². The number of aryl methyl sites for hydroxylation is 1. The number of hydrogen-bond acceptors (Lipinski definition) is 4. The zero-order chi connectivity index (χ0) is 16.4. The molecule has 3 rings (SSSR count). The van der Waals surface area contributed by atoms with Crippen LogP contribution in [0, 0.1) is 0 Å². The first-order valence-electron chi connectivity index (χ1n) is 8.26. The Kier molecular flexibility index (Phi) is 4.46. The Morgan fingerprint density at radius 2 is 1.96 bits per heavy atom. The smallest absolute Gasteiger partial charge is 0.232 e. The predicted octanol–water partition coefficient (Wildman–Crippen LogP) is 3.27. The molecule has 122 valence electrons. The van der Waals surface area contributed by atoms with Crippen LogP contribution in [-0.4, -0.2) is 27.5 Å². The van der Waals surface area contributed by atoms with Gasteiger partial charge in [-0.25, -0.2) is 0 Å². The molecule has 1 aliphatic rings. The van der Waals surface area contributed by atoms with Crippen LogP contribution in [0.4, 0.5) is 0 Å². The maximum atomic E-state index is 12.3. The lowest BCUT2D eigenvalue weighted by atomic mass is 10.1. The normalized spacial score (nSPS) is 18.2. The van der Waals surface area contributed by atoms with Gasteiger partial charge >= 0.3 is 0 Å². The van der Waals surface area contributed by atoms with Gasteiger partial charge in [-0.2, -0.15) is 4.98 Å². The molecule has 0 N–H and O–H groups in total. The molecule has 5 nitrogen and oxygen atoms in total. The van der Waals surface area contributed by atoms with Gasteiger partial charge in [-0.15, -0.1) is 0 Å². The zero-order valence-electron chi connectivity index (χ0n) is 14.0. The van der Waals surface area contributed by atoms with Crippen molar-refractivity contribution in [2.75, 3.05) is 6.54 Å². The minimum Gasteiger partial charge on any atom is -0.339 e. The summed E-state index contributed by atoms with van der Waals surface area (Å²) in [5, 5.41) is 4.00. The molecule has 0 saturated carbocycles. The van der Waals surface area contributed by atoms with Crippen molar-refractivity contribution in [2.24, 2.45) is 0 Å². The van der Waals surface area contributed by atoms with Crippen LogP contribution in [0.5, 0.6) is 0 Å². The first kappa shape index (κ1) is 15.7. The molecule has 1 aromatic heterocycles. The Labute approximate surface area is 136 Å². The van der Waals surface area contributed by atoms with Crippen molar-refractivity contribution in [3.8, 4) is 0 Å². The molecule has 0 aliphatic carbocycles. The molecule has 1 aromatic carbocycles. The summed E-state index contributed by atoms with van der Waals surface area (Å²) in [6, 6.07) is 8.45. The van der Waals surface area contributed by atoms with Gasteiger partial charge in [0.1, 0.15) is 0 Å².